The molecule has 0 fully saturated rings. The Morgan fingerprint density at radius 3 is 1.75 bits per heavy atom. The molecule has 1 N–H and O–H groups in total. The maximum absolute atomic E-state index is 10.6. The third-order valence-corrected chi connectivity index (χ3v) is 1.56. The fraction of sp³-hybridized carbons (Fsp3) is 1.00. The lowest BCUT2D eigenvalue weighted by Gasteiger charge is -2.25. The van der Waals surface area contributed by atoms with E-state index in [4.69, 9.17) is 0 Å². The summed E-state index contributed by atoms with van der Waals surface area (Å²) in [7, 11) is 1.66. The van der Waals surface area contributed by atoms with E-state index in [1.54, 1.807) is 7.05 Å². The zero-order valence-electron chi connectivity index (χ0n) is 5.90. The van der Waals surface area contributed by atoms with Crippen molar-refractivity contribution in [3.8, 4) is 0 Å². The normalized spacial score (nSPS) is 14.6. The van der Waals surface area contributed by atoms with Gasteiger partial charge < -0.3 is 10.3 Å². The topological polar surface area (TPSA) is 27.5 Å². The van der Waals surface area contributed by atoms with Crippen LogP contribution >= 0.6 is 0 Å². The van der Waals surface area contributed by atoms with Crippen molar-refractivity contribution in [3.63, 3.8) is 0 Å². The van der Waals surface area contributed by atoms with Crippen LogP contribution in [0.25, 0.3) is 0 Å². The first-order valence-corrected chi connectivity index (χ1v) is 3.22. The first kappa shape index (κ1) is 7.92. The van der Waals surface area contributed by atoms with E-state index in [-0.39, 0.29) is 0 Å². The summed E-state index contributed by atoms with van der Waals surface area (Å²) in [6.45, 7) is 4.10. The van der Waals surface area contributed by atoms with E-state index in [2.05, 4.69) is 13.8 Å². The predicted octanol–water partition coefficient (Wildman–Crippen LogP) is 0.188. The largest absolute Gasteiger partial charge is 0.634 e. The minimum atomic E-state index is 0.315. The molecule has 0 amide bonds. The standard InChI is InChI=1S/C6H15NO/c1-4-6(5-2)7(3)8/h6-7H,4-5H2,1-3H3. The van der Waals surface area contributed by atoms with Crippen LogP contribution in [-0.4, -0.2) is 13.1 Å². The smallest absolute Gasteiger partial charge is 0.0864 e. The first-order chi connectivity index (χ1) is 3.72. The molecule has 0 aliphatic heterocycles. The molecule has 2 heteroatoms. The van der Waals surface area contributed by atoms with Crippen LogP contribution in [0.3, 0.4) is 0 Å². The van der Waals surface area contributed by atoms with Gasteiger partial charge in [-0.2, -0.15) is 0 Å². The number of hydroxylamine groups is 2. The van der Waals surface area contributed by atoms with Gasteiger partial charge in [0.25, 0.3) is 0 Å². The second-order valence-corrected chi connectivity index (χ2v) is 2.12. The summed E-state index contributed by atoms with van der Waals surface area (Å²) in [5.41, 5.74) is 0. The zero-order chi connectivity index (χ0) is 6.57. The Morgan fingerprint density at radius 1 is 1.38 bits per heavy atom. The summed E-state index contributed by atoms with van der Waals surface area (Å²) in [4.78, 5) is 0. The molecule has 0 saturated carbocycles. The molecule has 0 heterocycles. The van der Waals surface area contributed by atoms with Crippen LogP contribution < -0.4 is 5.06 Å². The molecule has 0 radical (unpaired) electrons. The molecule has 50 valence electrons. The van der Waals surface area contributed by atoms with Crippen LogP contribution in [0.4, 0.5) is 0 Å². The van der Waals surface area contributed by atoms with E-state index >= 15 is 0 Å². The molecular weight excluding hydrogens is 102 g/mol. The average molecular weight is 117 g/mol. The van der Waals surface area contributed by atoms with Gasteiger partial charge in [0.1, 0.15) is 0 Å². The fourth-order valence-electron chi connectivity index (χ4n) is 0.864. The molecule has 0 rings (SSSR count). The highest BCUT2D eigenvalue weighted by Crippen LogP contribution is 1.88. The molecule has 0 aromatic carbocycles. The van der Waals surface area contributed by atoms with Crippen LogP contribution in [0.5, 0.6) is 0 Å². The molecule has 0 spiro atoms. The molecule has 1 unspecified atom stereocenters. The number of nitrogens with one attached hydrogen (secondary N) is 1. The van der Waals surface area contributed by atoms with Gasteiger partial charge >= 0.3 is 0 Å². The van der Waals surface area contributed by atoms with Gasteiger partial charge in [0.05, 0.1) is 13.1 Å². The van der Waals surface area contributed by atoms with Gasteiger partial charge in [-0.05, 0) is 12.8 Å². The van der Waals surface area contributed by atoms with Gasteiger partial charge in [0.15, 0.2) is 0 Å². The third kappa shape index (κ3) is 2.28. The molecular formula is C6H15NO. The van der Waals surface area contributed by atoms with Crippen LogP contribution in [0.1, 0.15) is 26.7 Å². The Balaban J connectivity index is 3.35. The monoisotopic (exact) mass is 117 g/mol. The Bertz CT molecular complexity index is 50.5. The Morgan fingerprint density at radius 2 is 1.75 bits per heavy atom. The van der Waals surface area contributed by atoms with Crippen molar-refractivity contribution >= 4 is 0 Å². The summed E-state index contributed by atoms with van der Waals surface area (Å²) in [6.07, 6.45) is 1.98. The number of hydrogen-bond donors (Lipinski definition) is 1. The second kappa shape index (κ2) is 3.87. The van der Waals surface area contributed by atoms with Crippen molar-refractivity contribution in [3.05, 3.63) is 5.21 Å². The summed E-state index contributed by atoms with van der Waals surface area (Å²) in [6, 6.07) is 0.315. The van der Waals surface area contributed by atoms with Gasteiger partial charge in [-0.3, -0.25) is 0 Å². The Hall–Kier alpha value is -0.0800. The second-order valence-electron chi connectivity index (χ2n) is 2.12. The highest BCUT2D eigenvalue weighted by Gasteiger charge is 2.03. The average Bonchev–Trinajstić information content (AvgIpc) is 1.69. The number of rotatable bonds is 3. The lowest BCUT2D eigenvalue weighted by Crippen LogP contribution is -3.08. The molecule has 2 nitrogen and oxygen atoms in total. The summed E-state index contributed by atoms with van der Waals surface area (Å²) in [5.74, 6) is 0. The molecule has 0 aliphatic rings. The van der Waals surface area contributed by atoms with Crippen molar-refractivity contribution in [2.75, 3.05) is 7.05 Å². The van der Waals surface area contributed by atoms with Crippen molar-refractivity contribution in [1.29, 1.82) is 0 Å². The molecule has 0 bridgehead atoms. The van der Waals surface area contributed by atoms with E-state index in [1.807, 2.05) is 0 Å². The number of hydrogen-bond acceptors (Lipinski definition) is 1. The lowest BCUT2D eigenvalue weighted by atomic mass is 10.2. The summed E-state index contributed by atoms with van der Waals surface area (Å²) in [5, 5.41) is 10.9. The quantitative estimate of drug-likeness (QED) is 0.525. The number of quaternary nitrogens is 1. The minimum absolute atomic E-state index is 0.315. The van der Waals surface area contributed by atoms with E-state index < -0.39 is 0 Å². The van der Waals surface area contributed by atoms with Crippen molar-refractivity contribution in [2.45, 2.75) is 32.7 Å². The highest BCUT2D eigenvalue weighted by molar-refractivity contribution is 4.46. The fourth-order valence-corrected chi connectivity index (χ4v) is 0.864. The SMILES string of the molecule is CCC(CC)[NH+](C)[O-]. The van der Waals surface area contributed by atoms with Gasteiger partial charge in [0, 0.05) is 0 Å². The summed E-state index contributed by atoms with van der Waals surface area (Å²) < 4.78 is 0. The van der Waals surface area contributed by atoms with Crippen LogP contribution in [0.15, 0.2) is 0 Å². The van der Waals surface area contributed by atoms with E-state index in [1.165, 1.54) is 0 Å². The predicted molar refractivity (Wildman–Crippen MR) is 34.6 cm³/mol. The third-order valence-electron chi connectivity index (χ3n) is 1.56. The molecule has 1 atom stereocenters. The zero-order valence-corrected chi connectivity index (χ0v) is 5.90. The Labute approximate surface area is 51.1 Å². The maximum Gasteiger partial charge on any atom is 0.0864 e. The van der Waals surface area contributed by atoms with Gasteiger partial charge in [-0.15, -0.1) is 0 Å². The van der Waals surface area contributed by atoms with Gasteiger partial charge in [-0.1, -0.05) is 13.8 Å². The molecule has 0 aromatic heterocycles. The molecule has 0 saturated heterocycles. The molecule has 8 heavy (non-hydrogen) atoms. The van der Waals surface area contributed by atoms with Crippen LogP contribution in [-0.2, 0) is 0 Å². The molecule has 0 aromatic rings. The van der Waals surface area contributed by atoms with Crippen LogP contribution in [0.2, 0.25) is 0 Å². The summed E-state index contributed by atoms with van der Waals surface area (Å²) >= 11 is 0. The van der Waals surface area contributed by atoms with E-state index in [9.17, 15) is 5.21 Å². The first-order valence-electron chi connectivity index (χ1n) is 3.22. The van der Waals surface area contributed by atoms with Gasteiger partial charge in [0.2, 0.25) is 0 Å². The van der Waals surface area contributed by atoms with Crippen molar-refractivity contribution in [1.82, 2.24) is 0 Å². The van der Waals surface area contributed by atoms with E-state index in [0.717, 1.165) is 12.8 Å². The minimum Gasteiger partial charge on any atom is -0.634 e. The Kier molecular flexibility index (Phi) is 3.83. The molecule has 0 aliphatic carbocycles. The maximum atomic E-state index is 10.6. The van der Waals surface area contributed by atoms with Crippen LogP contribution in [0, 0.1) is 5.21 Å². The van der Waals surface area contributed by atoms with Crippen molar-refractivity contribution in [2.24, 2.45) is 0 Å². The van der Waals surface area contributed by atoms with E-state index in [0.29, 0.717) is 11.1 Å². The lowest BCUT2D eigenvalue weighted by molar-refractivity contribution is -0.854. The highest BCUT2D eigenvalue weighted by atomic mass is 16.5. The van der Waals surface area contributed by atoms with Crippen molar-refractivity contribution < 1.29 is 5.06 Å². The van der Waals surface area contributed by atoms with Gasteiger partial charge in [-0.25, -0.2) is 0 Å².